The quantitative estimate of drug-likeness (QED) is 0.474. The van der Waals surface area contributed by atoms with Crippen molar-refractivity contribution in [3.05, 3.63) is 11.2 Å². The smallest absolute Gasteiger partial charge is 0.422 e. The Bertz CT molecular complexity index is 347. The van der Waals surface area contributed by atoms with E-state index in [2.05, 4.69) is 14.7 Å². The topological polar surface area (TPSA) is 35.0 Å². The van der Waals surface area contributed by atoms with E-state index in [1.54, 1.807) is 6.26 Å². The minimum absolute atomic E-state index is 0.0477. The molecule has 1 heterocycles. The Morgan fingerprint density at radius 2 is 2.13 bits per heavy atom. The van der Waals surface area contributed by atoms with Crippen molar-refractivity contribution >= 4 is 23.4 Å². The average molecular weight is 259 g/mol. The highest BCUT2D eigenvalue weighted by molar-refractivity contribution is 7.98. The van der Waals surface area contributed by atoms with E-state index in [0.717, 1.165) is 17.8 Å². The molecule has 8 heteroatoms. The normalized spacial score (nSPS) is 11.5. The maximum Gasteiger partial charge on any atom is 0.422 e. The van der Waals surface area contributed by atoms with Crippen molar-refractivity contribution in [2.24, 2.45) is 0 Å². The van der Waals surface area contributed by atoms with Crippen LogP contribution in [0.1, 0.15) is 0 Å². The van der Waals surface area contributed by atoms with E-state index in [9.17, 15) is 13.2 Å². The van der Waals surface area contributed by atoms with E-state index in [1.807, 2.05) is 0 Å². The van der Waals surface area contributed by atoms with Crippen molar-refractivity contribution < 1.29 is 17.9 Å². The fourth-order valence-corrected chi connectivity index (χ4v) is 1.29. The minimum atomic E-state index is -4.39. The van der Waals surface area contributed by atoms with Crippen molar-refractivity contribution in [3.63, 3.8) is 0 Å². The molecule has 0 amide bonds. The molecule has 0 aliphatic heterocycles. The van der Waals surface area contributed by atoms with Gasteiger partial charge in [-0.05, 0) is 6.26 Å². The molecule has 0 saturated heterocycles. The van der Waals surface area contributed by atoms with E-state index in [-0.39, 0.29) is 16.2 Å². The molecule has 15 heavy (non-hydrogen) atoms. The van der Waals surface area contributed by atoms with E-state index in [4.69, 9.17) is 11.6 Å². The first-order valence-electron chi connectivity index (χ1n) is 3.69. The average Bonchev–Trinajstić information content (AvgIpc) is 2.13. The zero-order valence-electron chi connectivity index (χ0n) is 7.51. The van der Waals surface area contributed by atoms with Gasteiger partial charge in [-0.1, -0.05) is 23.4 Å². The number of thioether (sulfide) groups is 1. The van der Waals surface area contributed by atoms with Crippen molar-refractivity contribution in [1.29, 1.82) is 0 Å². The molecule has 0 saturated carbocycles. The molecule has 0 unspecified atom stereocenters. The number of nitrogens with zero attached hydrogens (tertiary/aromatic N) is 2. The van der Waals surface area contributed by atoms with Gasteiger partial charge in [-0.3, -0.25) is 0 Å². The van der Waals surface area contributed by atoms with Gasteiger partial charge in [0.1, 0.15) is 5.15 Å². The summed E-state index contributed by atoms with van der Waals surface area (Å²) in [6.07, 6.45) is -2.71. The molecular weight excluding hydrogens is 253 g/mol. The predicted molar refractivity (Wildman–Crippen MR) is 50.4 cm³/mol. The third kappa shape index (κ3) is 4.57. The Morgan fingerprint density at radius 1 is 1.47 bits per heavy atom. The summed E-state index contributed by atoms with van der Waals surface area (Å²) in [7, 11) is 0. The zero-order chi connectivity index (χ0) is 11.5. The first-order chi connectivity index (χ1) is 6.90. The Labute approximate surface area is 93.0 Å². The summed E-state index contributed by atoms with van der Waals surface area (Å²) >= 11 is 6.72. The number of aromatic nitrogens is 2. The Kier molecular flexibility index (Phi) is 4.04. The Morgan fingerprint density at radius 3 is 2.67 bits per heavy atom. The van der Waals surface area contributed by atoms with Crippen LogP contribution in [0.4, 0.5) is 13.2 Å². The van der Waals surface area contributed by atoms with E-state index >= 15 is 0 Å². The fraction of sp³-hybridized carbons (Fsp3) is 0.429. The van der Waals surface area contributed by atoms with E-state index in [1.165, 1.54) is 0 Å². The van der Waals surface area contributed by atoms with Gasteiger partial charge in [0.15, 0.2) is 11.8 Å². The highest BCUT2D eigenvalue weighted by atomic mass is 35.5. The number of halogens is 4. The van der Waals surface area contributed by atoms with E-state index < -0.39 is 12.8 Å². The number of hydrogen-bond acceptors (Lipinski definition) is 4. The number of ether oxygens (including phenoxy) is 1. The molecule has 0 aliphatic carbocycles. The molecule has 0 bridgehead atoms. The molecule has 3 nitrogen and oxygen atoms in total. The lowest BCUT2D eigenvalue weighted by Crippen LogP contribution is -2.19. The van der Waals surface area contributed by atoms with Gasteiger partial charge in [0, 0.05) is 6.07 Å². The molecule has 0 N–H and O–H groups in total. The van der Waals surface area contributed by atoms with Crippen LogP contribution in [0.15, 0.2) is 11.2 Å². The third-order valence-electron chi connectivity index (χ3n) is 1.22. The Hall–Kier alpha value is -0.690. The highest BCUT2D eigenvalue weighted by Gasteiger charge is 2.28. The van der Waals surface area contributed by atoms with Gasteiger partial charge >= 0.3 is 6.18 Å². The molecule has 0 fully saturated rings. The maximum atomic E-state index is 11.8. The number of rotatable bonds is 3. The van der Waals surface area contributed by atoms with Gasteiger partial charge in [-0.15, -0.1) is 0 Å². The number of alkyl halides is 3. The lowest BCUT2D eigenvalue weighted by atomic mass is 10.6. The van der Waals surface area contributed by atoms with Crippen LogP contribution in [0.25, 0.3) is 0 Å². The van der Waals surface area contributed by atoms with Crippen LogP contribution in [0, 0.1) is 0 Å². The van der Waals surface area contributed by atoms with Gasteiger partial charge in [0.2, 0.25) is 5.88 Å². The van der Waals surface area contributed by atoms with Crippen LogP contribution in [-0.4, -0.2) is 29.0 Å². The summed E-state index contributed by atoms with van der Waals surface area (Å²) in [6.45, 7) is -1.39. The minimum Gasteiger partial charge on any atom is -0.468 e. The molecule has 0 aliphatic rings. The van der Waals surface area contributed by atoms with Crippen LogP contribution in [-0.2, 0) is 0 Å². The van der Waals surface area contributed by atoms with E-state index in [0.29, 0.717) is 0 Å². The van der Waals surface area contributed by atoms with Crippen LogP contribution < -0.4 is 4.74 Å². The van der Waals surface area contributed by atoms with Crippen molar-refractivity contribution in [1.82, 2.24) is 9.97 Å². The van der Waals surface area contributed by atoms with Crippen LogP contribution in [0.2, 0.25) is 5.15 Å². The standard InChI is InChI=1S/C7H6ClF3N2OS/c1-15-6-12-4(8)2-5(13-6)14-3-7(9,10)11/h2H,3H2,1H3. The molecular formula is C7H6ClF3N2OS. The SMILES string of the molecule is CSc1nc(Cl)cc(OCC(F)(F)F)n1. The monoisotopic (exact) mass is 258 g/mol. The van der Waals surface area contributed by atoms with Crippen LogP contribution >= 0.6 is 23.4 Å². The molecule has 0 spiro atoms. The second kappa shape index (κ2) is 4.89. The largest absolute Gasteiger partial charge is 0.468 e. The summed E-state index contributed by atoms with van der Waals surface area (Å²) < 4.78 is 39.9. The summed E-state index contributed by atoms with van der Waals surface area (Å²) in [6, 6.07) is 1.13. The second-order valence-electron chi connectivity index (χ2n) is 2.42. The van der Waals surface area contributed by atoms with Gasteiger partial charge in [-0.2, -0.15) is 18.2 Å². The van der Waals surface area contributed by atoms with Gasteiger partial charge in [0.25, 0.3) is 0 Å². The first kappa shape index (κ1) is 12.4. The van der Waals surface area contributed by atoms with Gasteiger partial charge < -0.3 is 4.74 Å². The second-order valence-corrected chi connectivity index (χ2v) is 3.58. The van der Waals surface area contributed by atoms with Crippen molar-refractivity contribution in [3.8, 4) is 5.88 Å². The first-order valence-corrected chi connectivity index (χ1v) is 5.29. The molecule has 1 rings (SSSR count). The molecule has 84 valence electrons. The van der Waals surface area contributed by atoms with Crippen molar-refractivity contribution in [2.75, 3.05) is 12.9 Å². The number of hydrogen-bond donors (Lipinski definition) is 0. The highest BCUT2D eigenvalue weighted by Crippen LogP contribution is 2.21. The molecule has 1 aromatic rings. The summed E-state index contributed by atoms with van der Waals surface area (Å²) in [4.78, 5) is 7.45. The lowest BCUT2D eigenvalue weighted by Gasteiger charge is -2.08. The van der Waals surface area contributed by atoms with Crippen LogP contribution in [0.5, 0.6) is 5.88 Å². The van der Waals surface area contributed by atoms with Gasteiger partial charge in [0.05, 0.1) is 0 Å². The summed E-state index contributed by atoms with van der Waals surface area (Å²) in [5.41, 5.74) is 0. The third-order valence-corrected chi connectivity index (χ3v) is 1.96. The van der Waals surface area contributed by atoms with Crippen LogP contribution in [0.3, 0.4) is 0 Å². The maximum absolute atomic E-state index is 11.8. The summed E-state index contributed by atoms with van der Waals surface area (Å²) in [5.74, 6) is -0.184. The molecule has 1 aromatic heterocycles. The summed E-state index contributed by atoms with van der Waals surface area (Å²) in [5, 5.41) is 0.311. The van der Waals surface area contributed by atoms with Crippen molar-refractivity contribution in [2.45, 2.75) is 11.3 Å². The molecule has 0 aromatic carbocycles. The molecule has 0 radical (unpaired) electrons. The van der Waals surface area contributed by atoms with Gasteiger partial charge in [-0.25, -0.2) is 4.98 Å². The molecule has 0 atom stereocenters. The lowest BCUT2D eigenvalue weighted by molar-refractivity contribution is -0.154. The fourth-order valence-electron chi connectivity index (χ4n) is 0.698. The predicted octanol–water partition coefficient (Wildman–Crippen LogP) is 2.79. The zero-order valence-corrected chi connectivity index (χ0v) is 9.08. The Balaban J connectivity index is 2.73.